The molecule has 14 heteroatoms. The van der Waals surface area contributed by atoms with Gasteiger partial charge in [-0.15, -0.1) is 0 Å². The van der Waals surface area contributed by atoms with Crippen molar-refractivity contribution in [2.75, 3.05) is 25.6 Å². The average molecular weight is 521 g/mol. The lowest BCUT2D eigenvalue weighted by atomic mass is 10.1. The molecule has 1 aliphatic heterocycles. The molecular weight excluding hydrogens is 491 g/mol. The van der Waals surface area contributed by atoms with E-state index in [2.05, 4.69) is 15.4 Å². The second-order valence-electron chi connectivity index (χ2n) is 8.95. The van der Waals surface area contributed by atoms with Crippen LogP contribution in [0.4, 0.5) is 5.69 Å². The van der Waals surface area contributed by atoms with Crippen molar-refractivity contribution < 1.29 is 38.8 Å². The van der Waals surface area contributed by atoms with Crippen LogP contribution >= 0.6 is 19.2 Å². The van der Waals surface area contributed by atoms with Crippen LogP contribution in [-0.4, -0.2) is 84.8 Å². The highest BCUT2D eigenvalue weighted by Gasteiger charge is 2.49. The van der Waals surface area contributed by atoms with Crippen molar-refractivity contribution in [3.05, 3.63) is 17.4 Å². The van der Waals surface area contributed by atoms with E-state index in [-0.39, 0.29) is 11.8 Å². The quantitative estimate of drug-likeness (QED) is 0.240. The Morgan fingerprint density at radius 1 is 1.32 bits per heavy atom. The number of nitrogens with one attached hydrogen (secondary N) is 1. The van der Waals surface area contributed by atoms with Crippen molar-refractivity contribution in [2.45, 2.75) is 68.5 Å². The third-order valence-electron chi connectivity index (χ3n) is 6.42. The number of fused-ring (bicyclic) bond motifs is 1. The summed E-state index contributed by atoms with van der Waals surface area (Å²) < 4.78 is 29.4. The molecule has 5 N–H and O–H groups in total. The fraction of sp³-hybridized carbons (Fsp3) is 0.700. The SMILES string of the molecule is COCC(C)(OC[C@H]1O[C@@H](n2ncc3c(NC4CCCC4)cc(Cl)nc32)[C@H](O)[C@@H]1O)P(=O)(O)O. The maximum atomic E-state index is 11.9. The molecule has 1 unspecified atom stereocenters. The van der Waals surface area contributed by atoms with Crippen LogP contribution in [0.15, 0.2) is 12.3 Å². The number of anilines is 1. The maximum Gasteiger partial charge on any atom is 0.359 e. The minimum atomic E-state index is -4.71. The second kappa shape index (κ2) is 9.96. The van der Waals surface area contributed by atoms with E-state index in [0.717, 1.165) is 31.4 Å². The third-order valence-corrected chi connectivity index (χ3v) is 8.10. The molecule has 2 aromatic heterocycles. The van der Waals surface area contributed by atoms with Crippen LogP contribution in [0, 0.1) is 0 Å². The monoisotopic (exact) mass is 520 g/mol. The summed E-state index contributed by atoms with van der Waals surface area (Å²) in [5, 5.41) is 28.0. The second-order valence-corrected chi connectivity index (χ2v) is 11.4. The summed E-state index contributed by atoms with van der Waals surface area (Å²) in [6.45, 7) is 0.426. The number of rotatable bonds is 9. The summed E-state index contributed by atoms with van der Waals surface area (Å²) in [5.74, 6) is 0. The highest BCUT2D eigenvalue weighted by molar-refractivity contribution is 7.53. The van der Waals surface area contributed by atoms with Gasteiger partial charge in [0, 0.05) is 13.2 Å². The molecule has 2 aromatic rings. The lowest BCUT2D eigenvalue weighted by Gasteiger charge is -2.31. The Morgan fingerprint density at radius 2 is 2.03 bits per heavy atom. The van der Waals surface area contributed by atoms with Gasteiger partial charge in [-0.3, -0.25) is 4.57 Å². The third kappa shape index (κ3) is 4.97. The summed E-state index contributed by atoms with van der Waals surface area (Å²) in [6.07, 6.45) is 1.03. The highest BCUT2D eigenvalue weighted by atomic mass is 35.5. The molecule has 0 amide bonds. The molecule has 3 heterocycles. The topological polar surface area (TPSA) is 168 Å². The smallest absolute Gasteiger partial charge is 0.359 e. The summed E-state index contributed by atoms with van der Waals surface area (Å²) in [7, 11) is -3.43. The molecule has 5 atom stereocenters. The molecule has 1 aliphatic carbocycles. The van der Waals surface area contributed by atoms with Crippen LogP contribution in [0.5, 0.6) is 0 Å². The van der Waals surface area contributed by atoms with Gasteiger partial charge in [-0.1, -0.05) is 24.4 Å². The zero-order valence-electron chi connectivity index (χ0n) is 18.9. The zero-order chi connectivity index (χ0) is 24.7. The Hall–Kier alpha value is -1.34. The summed E-state index contributed by atoms with van der Waals surface area (Å²) >= 11 is 6.26. The number of nitrogens with zero attached hydrogens (tertiary/aromatic N) is 3. The van der Waals surface area contributed by atoms with Gasteiger partial charge in [0.15, 0.2) is 17.2 Å². The Kier molecular flexibility index (Phi) is 7.54. The molecule has 0 spiro atoms. The fourth-order valence-corrected chi connectivity index (χ4v) is 5.12. The molecule has 190 valence electrons. The molecule has 0 radical (unpaired) electrons. The van der Waals surface area contributed by atoms with Gasteiger partial charge < -0.3 is 39.5 Å². The normalized spacial score (nSPS) is 28.0. The van der Waals surface area contributed by atoms with Gasteiger partial charge in [-0.2, -0.15) is 5.10 Å². The lowest BCUT2D eigenvalue weighted by molar-refractivity contribution is -0.107. The van der Waals surface area contributed by atoms with Crippen LogP contribution in [0.2, 0.25) is 5.15 Å². The van der Waals surface area contributed by atoms with E-state index in [1.54, 1.807) is 12.3 Å². The standard InChI is InChI=1S/C20H30ClN4O8P/c1-20(10-31-2,34(28,29)30)32-9-14-16(26)17(27)19(33-14)25-18-12(8-22-25)13(7-15(21)24-18)23-11-5-3-4-6-11/h7-8,11,14,16-17,19,26-27H,3-6,9-10H2,1-2H3,(H,23,24)(H2,28,29,30)/t14-,16-,17-,19-,20?/m1/s1. The van der Waals surface area contributed by atoms with E-state index < -0.39 is 44.1 Å². The molecule has 2 fully saturated rings. The van der Waals surface area contributed by atoms with E-state index in [9.17, 15) is 24.6 Å². The molecule has 1 saturated carbocycles. The van der Waals surface area contributed by atoms with Gasteiger partial charge in [0.05, 0.1) is 30.5 Å². The van der Waals surface area contributed by atoms with E-state index in [1.165, 1.54) is 18.7 Å². The molecule has 0 aromatic carbocycles. The number of hydrogen-bond acceptors (Lipinski definition) is 9. The van der Waals surface area contributed by atoms with Gasteiger partial charge in [0.2, 0.25) is 0 Å². The van der Waals surface area contributed by atoms with Gasteiger partial charge in [0.1, 0.15) is 23.5 Å². The van der Waals surface area contributed by atoms with Crippen LogP contribution in [0.1, 0.15) is 38.8 Å². The molecular formula is C20H30ClN4O8P. The first-order valence-corrected chi connectivity index (χ1v) is 13.0. The fourth-order valence-electron chi connectivity index (χ4n) is 4.39. The number of ether oxygens (including phenoxy) is 3. The molecule has 4 rings (SSSR count). The first-order valence-electron chi connectivity index (χ1n) is 11.0. The molecule has 12 nitrogen and oxygen atoms in total. The number of methoxy groups -OCH3 is 1. The van der Waals surface area contributed by atoms with Gasteiger partial charge in [0.25, 0.3) is 0 Å². The minimum Gasteiger partial charge on any atom is -0.387 e. The largest absolute Gasteiger partial charge is 0.387 e. The summed E-state index contributed by atoms with van der Waals surface area (Å²) in [4.78, 5) is 23.6. The van der Waals surface area contributed by atoms with Crippen LogP contribution in [-0.2, 0) is 18.8 Å². The Bertz CT molecular complexity index is 1060. The maximum absolute atomic E-state index is 11.9. The number of aromatic nitrogens is 3. The number of pyridine rings is 1. The molecule has 1 saturated heterocycles. The van der Waals surface area contributed by atoms with Crippen molar-refractivity contribution in [1.29, 1.82) is 0 Å². The van der Waals surface area contributed by atoms with E-state index >= 15 is 0 Å². The van der Waals surface area contributed by atoms with Crippen LogP contribution in [0.25, 0.3) is 11.0 Å². The van der Waals surface area contributed by atoms with Gasteiger partial charge in [-0.25, -0.2) is 9.67 Å². The summed E-state index contributed by atoms with van der Waals surface area (Å²) in [6, 6.07) is 2.06. The van der Waals surface area contributed by atoms with Crippen molar-refractivity contribution in [3.63, 3.8) is 0 Å². The number of halogens is 1. The van der Waals surface area contributed by atoms with Crippen molar-refractivity contribution in [1.82, 2.24) is 14.8 Å². The van der Waals surface area contributed by atoms with E-state index in [4.69, 9.17) is 25.8 Å². The van der Waals surface area contributed by atoms with Crippen molar-refractivity contribution in [2.24, 2.45) is 0 Å². The van der Waals surface area contributed by atoms with E-state index in [1.807, 2.05) is 0 Å². The summed E-state index contributed by atoms with van der Waals surface area (Å²) in [5.41, 5.74) is 1.14. The highest BCUT2D eigenvalue weighted by Crippen LogP contribution is 2.51. The number of aliphatic hydroxyl groups is 2. The van der Waals surface area contributed by atoms with Gasteiger partial charge >= 0.3 is 7.60 Å². The predicted octanol–water partition coefficient (Wildman–Crippen LogP) is 1.62. The van der Waals surface area contributed by atoms with Crippen LogP contribution in [0.3, 0.4) is 0 Å². The molecule has 0 bridgehead atoms. The van der Waals surface area contributed by atoms with E-state index in [0.29, 0.717) is 17.1 Å². The van der Waals surface area contributed by atoms with Crippen molar-refractivity contribution in [3.8, 4) is 0 Å². The Balaban J connectivity index is 1.55. The van der Waals surface area contributed by atoms with Crippen molar-refractivity contribution >= 4 is 35.9 Å². The zero-order valence-corrected chi connectivity index (χ0v) is 20.5. The average Bonchev–Trinajstić information content (AvgIpc) is 3.48. The molecule has 2 aliphatic rings. The number of hydrogen-bond donors (Lipinski definition) is 5. The van der Waals surface area contributed by atoms with Crippen LogP contribution < -0.4 is 5.32 Å². The minimum absolute atomic E-state index is 0.236. The lowest BCUT2D eigenvalue weighted by Crippen LogP contribution is -2.40. The predicted molar refractivity (Wildman–Crippen MR) is 123 cm³/mol. The Labute approximate surface area is 201 Å². The first kappa shape index (κ1) is 25.7. The van der Waals surface area contributed by atoms with Gasteiger partial charge in [-0.05, 0) is 25.8 Å². The first-order chi connectivity index (χ1) is 16.0. The molecule has 34 heavy (non-hydrogen) atoms. The Morgan fingerprint density at radius 3 is 2.68 bits per heavy atom. The number of aliphatic hydroxyl groups excluding tert-OH is 2.